The van der Waals surface area contributed by atoms with Gasteiger partial charge in [0.25, 0.3) is 5.91 Å². The molecule has 0 saturated carbocycles. The van der Waals surface area contributed by atoms with Crippen LogP contribution in [0.5, 0.6) is 0 Å². The number of aromatic nitrogens is 3. The molecule has 0 bridgehead atoms. The highest BCUT2D eigenvalue weighted by Crippen LogP contribution is 2.23. The monoisotopic (exact) mass is 384 g/mol. The molecule has 0 aliphatic heterocycles. The van der Waals surface area contributed by atoms with Crippen LogP contribution in [0.15, 0.2) is 79.1 Å². The molecule has 2 heterocycles. The van der Waals surface area contributed by atoms with Crippen molar-refractivity contribution in [2.45, 2.75) is 0 Å². The van der Waals surface area contributed by atoms with Crippen molar-refractivity contribution in [2.75, 3.05) is 5.32 Å². The number of amides is 1. The maximum absolute atomic E-state index is 13.2. The molecule has 0 spiro atoms. The van der Waals surface area contributed by atoms with E-state index in [1.54, 1.807) is 18.3 Å². The van der Waals surface area contributed by atoms with E-state index in [1.165, 1.54) is 18.3 Å². The smallest absolute Gasteiger partial charge is 0.259 e. The highest BCUT2D eigenvalue weighted by molar-refractivity contribution is 6.08. The third kappa shape index (κ3) is 4.44. The lowest BCUT2D eigenvalue weighted by Gasteiger charge is -2.07. The predicted molar refractivity (Wildman–Crippen MR) is 112 cm³/mol. The Hall–Kier alpha value is -4.06. The molecule has 1 amide bonds. The van der Waals surface area contributed by atoms with Crippen LogP contribution in [-0.2, 0) is 0 Å². The number of hydrogen-bond acceptors (Lipinski definition) is 3. The Bertz CT molecular complexity index is 1150. The first kappa shape index (κ1) is 18.3. The van der Waals surface area contributed by atoms with Gasteiger partial charge in [0.2, 0.25) is 0 Å². The van der Waals surface area contributed by atoms with Crippen LogP contribution in [0.4, 0.5) is 10.1 Å². The van der Waals surface area contributed by atoms with E-state index < -0.39 is 0 Å². The van der Waals surface area contributed by atoms with Crippen molar-refractivity contribution in [1.82, 2.24) is 15.2 Å². The number of anilines is 1. The van der Waals surface area contributed by atoms with Crippen molar-refractivity contribution in [3.05, 3.63) is 102 Å². The molecule has 2 N–H and O–H groups in total. The van der Waals surface area contributed by atoms with Crippen LogP contribution in [0.25, 0.3) is 23.4 Å². The summed E-state index contributed by atoms with van der Waals surface area (Å²) in [5.41, 5.74) is 4.04. The first-order chi connectivity index (χ1) is 14.2. The lowest BCUT2D eigenvalue weighted by Crippen LogP contribution is -2.12. The number of aromatic amines is 1. The lowest BCUT2D eigenvalue weighted by atomic mass is 10.1. The number of pyridine rings is 1. The lowest BCUT2D eigenvalue weighted by molar-refractivity contribution is 0.102. The molecule has 0 aliphatic carbocycles. The Kier molecular flexibility index (Phi) is 5.25. The molecule has 0 aliphatic rings. The normalized spacial score (nSPS) is 10.9. The van der Waals surface area contributed by atoms with Gasteiger partial charge in [-0.2, -0.15) is 5.10 Å². The second-order valence-corrected chi connectivity index (χ2v) is 6.33. The number of nitrogens with one attached hydrogen (secondary N) is 2. The molecule has 29 heavy (non-hydrogen) atoms. The Balaban J connectivity index is 1.52. The van der Waals surface area contributed by atoms with Gasteiger partial charge in [-0.05, 0) is 60.2 Å². The Morgan fingerprint density at radius 3 is 2.66 bits per heavy atom. The van der Waals surface area contributed by atoms with E-state index in [9.17, 15) is 9.18 Å². The number of H-pyrrole nitrogens is 1. The highest BCUT2D eigenvalue weighted by atomic mass is 19.1. The summed E-state index contributed by atoms with van der Waals surface area (Å²) in [4.78, 5) is 17.0. The van der Waals surface area contributed by atoms with E-state index in [-0.39, 0.29) is 11.7 Å². The zero-order valence-electron chi connectivity index (χ0n) is 15.3. The Labute approximate surface area is 167 Å². The number of carbonyl (C=O) groups is 1. The van der Waals surface area contributed by atoms with Crippen LogP contribution < -0.4 is 5.32 Å². The van der Waals surface area contributed by atoms with Crippen molar-refractivity contribution in [3.63, 3.8) is 0 Å². The highest BCUT2D eigenvalue weighted by Gasteiger charge is 2.15. The Morgan fingerprint density at radius 2 is 1.86 bits per heavy atom. The van der Waals surface area contributed by atoms with E-state index in [0.717, 1.165) is 11.3 Å². The molecule has 4 aromatic rings. The summed E-state index contributed by atoms with van der Waals surface area (Å²) in [6, 6.07) is 19.1. The van der Waals surface area contributed by atoms with Crippen molar-refractivity contribution in [1.29, 1.82) is 0 Å². The Morgan fingerprint density at radius 1 is 1.00 bits per heavy atom. The maximum atomic E-state index is 13.2. The molecular formula is C23H17FN4O. The topological polar surface area (TPSA) is 70.7 Å². The molecule has 0 saturated heterocycles. The van der Waals surface area contributed by atoms with Crippen LogP contribution >= 0.6 is 0 Å². The van der Waals surface area contributed by atoms with Crippen LogP contribution in [0.3, 0.4) is 0 Å². The molecule has 4 rings (SSSR count). The van der Waals surface area contributed by atoms with Gasteiger partial charge in [-0.15, -0.1) is 0 Å². The largest absolute Gasteiger partial charge is 0.322 e. The van der Waals surface area contributed by atoms with Crippen LogP contribution in [0, 0.1) is 5.82 Å². The third-order valence-electron chi connectivity index (χ3n) is 4.30. The number of rotatable bonds is 5. The average molecular weight is 384 g/mol. The second-order valence-electron chi connectivity index (χ2n) is 6.33. The van der Waals surface area contributed by atoms with E-state index in [2.05, 4.69) is 20.5 Å². The summed E-state index contributed by atoms with van der Waals surface area (Å²) in [7, 11) is 0. The minimum atomic E-state index is -0.338. The number of hydrogen-bond donors (Lipinski definition) is 2. The second kappa shape index (κ2) is 8.31. The molecule has 0 atom stereocenters. The van der Waals surface area contributed by atoms with Gasteiger partial charge in [-0.25, -0.2) is 4.39 Å². The summed E-state index contributed by atoms with van der Waals surface area (Å²) in [6.45, 7) is 0. The minimum absolute atomic E-state index is 0.302. The molecule has 142 valence electrons. The predicted octanol–water partition coefficient (Wildman–Crippen LogP) is 5.03. The maximum Gasteiger partial charge on any atom is 0.259 e. The quantitative estimate of drug-likeness (QED) is 0.507. The fraction of sp³-hybridized carbons (Fsp3) is 0. The zero-order valence-corrected chi connectivity index (χ0v) is 15.3. The first-order valence-corrected chi connectivity index (χ1v) is 8.99. The van der Waals surface area contributed by atoms with Gasteiger partial charge in [0.05, 0.1) is 23.1 Å². The van der Waals surface area contributed by atoms with Gasteiger partial charge in [-0.1, -0.05) is 24.3 Å². The number of carbonyl (C=O) groups excluding carboxylic acids is 1. The summed E-state index contributed by atoms with van der Waals surface area (Å²) in [5, 5.41) is 9.66. The summed E-state index contributed by atoms with van der Waals surface area (Å²) >= 11 is 0. The first-order valence-electron chi connectivity index (χ1n) is 8.99. The summed E-state index contributed by atoms with van der Waals surface area (Å²) in [5.74, 6) is -0.640. The van der Waals surface area contributed by atoms with Gasteiger partial charge in [0.15, 0.2) is 0 Å². The van der Waals surface area contributed by atoms with Crippen LogP contribution in [0.1, 0.15) is 21.6 Å². The number of benzene rings is 2. The average Bonchev–Trinajstić information content (AvgIpc) is 3.24. The zero-order chi connectivity index (χ0) is 20.1. The molecule has 6 heteroatoms. The fourth-order valence-electron chi connectivity index (χ4n) is 2.87. The summed E-state index contributed by atoms with van der Waals surface area (Å²) < 4.78 is 13.2. The van der Waals surface area contributed by atoms with Crippen molar-refractivity contribution >= 4 is 23.7 Å². The van der Waals surface area contributed by atoms with Gasteiger partial charge in [-0.3, -0.25) is 14.9 Å². The van der Waals surface area contributed by atoms with Gasteiger partial charge < -0.3 is 5.32 Å². The third-order valence-corrected chi connectivity index (χ3v) is 4.30. The van der Waals surface area contributed by atoms with Gasteiger partial charge in [0.1, 0.15) is 5.82 Å². The number of nitrogens with zero attached hydrogens (tertiary/aromatic N) is 2. The van der Waals surface area contributed by atoms with Crippen molar-refractivity contribution in [3.8, 4) is 11.3 Å². The van der Waals surface area contributed by atoms with Crippen molar-refractivity contribution in [2.24, 2.45) is 0 Å². The minimum Gasteiger partial charge on any atom is -0.322 e. The molecule has 0 fully saturated rings. The molecule has 0 radical (unpaired) electrons. The molecule has 2 aromatic carbocycles. The standard InChI is InChI=1S/C23H17FN4O/c24-18-10-8-17(9-11-18)22-21(15-26-28-22)23(29)27-20-6-3-4-16(14-20)7-12-19-5-1-2-13-25-19/h1-15H,(H,26,28)(H,27,29). The van der Waals surface area contributed by atoms with E-state index >= 15 is 0 Å². The molecular weight excluding hydrogens is 367 g/mol. The van der Waals surface area contributed by atoms with Crippen LogP contribution in [-0.4, -0.2) is 21.1 Å². The van der Waals surface area contributed by atoms with E-state index in [0.29, 0.717) is 22.5 Å². The molecule has 0 unspecified atom stereocenters. The molecule has 5 nitrogen and oxygen atoms in total. The molecule has 2 aromatic heterocycles. The SMILES string of the molecule is O=C(Nc1cccc(C=Cc2ccccn2)c1)c1cn[nH]c1-c1ccc(F)cc1. The van der Waals surface area contributed by atoms with Gasteiger partial charge in [0, 0.05) is 17.4 Å². The van der Waals surface area contributed by atoms with Gasteiger partial charge >= 0.3 is 0 Å². The fourth-order valence-corrected chi connectivity index (χ4v) is 2.87. The van der Waals surface area contributed by atoms with E-state index in [4.69, 9.17) is 0 Å². The van der Waals surface area contributed by atoms with Crippen LogP contribution in [0.2, 0.25) is 0 Å². The summed E-state index contributed by atoms with van der Waals surface area (Å²) in [6.07, 6.45) is 7.03. The van der Waals surface area contributed by atoms with Crippen molar-refractivity contribution < 1.29 is 9.18 Å². The van der Waals surface area contributed by atoms with E-state index in [1.807, 2.05) is 54.6 Å². The number of halogens is 1.